The molecule has 6 heteroatoms. The molecule has 0 saturated carbocycles. The van der Waals surface area contributed by atoms with Gasteiger partial charge in [0.25, 0.3) is 5.56 Å². The van der Waals surface area contributed by atoms with E-state index in [-0.39, 0.29) is 11.4 Å². The van der Waals surface area contributed by atoms with Crippen molar-refractivity contribution in [2.45, 2.75) is 6.92 Å². The Kier molecular flexibility index (Phi) is 5.22. The Morgan fingerprint density at radius 1 is 1.00 bits per heavy atom. The van der Waals surface area contributed by atoms with Gasteiger partial charge in [0, 0.05) is 6.92 Å². The van der Waals surface area contributed by atoms with E-state index in [0.29, 0.717) is 28.2 Å². The van der Waals surface area contributed by atoms with E-state index in [1.54, 1.807) is 48.6 Å². The van der Waals surface area contributed by atoms with Crippen molar-refractivity contribution in [3.05, 3.63) is 100 Å². The van der Waals surface area contributed by atoms with Gasteiger partial charge in [-0.1, -0.05) is 30.3 Å². The molecule has 0 N–H and O–H groups in total. The van der Waals surface area contributed by atoms with Crippen LogP contribution in [-0.4, -0.2) is 15.5 Å². The summed E-state index contributed by atoms with van der Waals surface area (Å²) < 4.78 is 19.9. The highest BCUT2D eigenvalue weighted by Gasteiger charge is 2.11. The minimum atomic E-state index is -0.405. The van der Waals surface area contributed by atoms with Crippen LogP contribution in [0.3, 0.4) is 0 Å². The summed E-state index contributed by atoms with van der Waals surface area (Å²) in [5.74, 6) is 0.0210. The van der Waals surface area contributed by atoms with E-state index in [1.807, 2.05) is 12.1 Å². The number of hydrogen-bond donors (Lipinski definition) is 0. The zero-order valence-corrected chi connectivity index (χ0v) is 16.1. The quantitative estimate of drug-likeness (QED) is 0.370. The molecule has 1 heterocycles. The van der Waals surface area contributed by atoms with E-state index < -0.39 is 5.97 Å². The Labute approximate surface area is 171 Å². The van der Waals surface area contributed by atoms with Crippen LogP contribution in [0.15, 0.2) is 77.6 Å². The van der Waals surface area contributed by atoms with Gasteiger partial charge in [-0.05, 0) is 60.2 Å². The van der Waals surface area contributed by atoms with Crippen molar-refractivity contribution < 1.29 is 13.9 Å². The van der Waals surface area contributed by atoms with Crippen molar-refractivity contribution in [3.8, 4) is 11.4 Å². The predicted octanol–water partition coefficient (Wildman–Crippen LogP) is 4.62. The molecule has 0 saturated heterocycles. The number of esters is 1. The zero-order valence-electron chi connectivity index (χ0n) is 16.1. The maximum Gasteiger partial charge on any atom is 0.308 e. The fourth-order valence-electron chi connectivity index (χ4n) is 3.12. The number of benzene rings is 3. The molecule has 0 aliphatic rings. The van der Waals surface area contributed by atoms with E-state index in [9.17, 15) is 14.0 Å². The van der Waals surface area contributed by atoms with Crippen molar-refractivity contribution in [3.63, 3.8) is 0 Å². The first kappa shape index (κ1) is 19.3. The van der Waals surface area contributed by atoms with E-state index in [0.717, 1.165) is 5.56 Å². The summed E-state index contributed by atoms with van der Waals surface area (Å²) >= 11 is 0. The fraction of sp³-hybridized carbons (Fsp3) is 0.0417. The van der Waals surface area contributed by atoms with Gasteiger partial charge < -0.3 is 4.74 Å². The van der Waals surface area contributed by atoms with Gasteiger partial charge >= 0.3 is 5.97 Å². The Hall–Kier alpha value is -4.06. The fourth-order valence-corrected chi connectivity index (χ4v) is 3.12. The second-order valence-corrected chi connectivity index (χ2v) is 6.60. The molecule has 0 amide bonds. The van der Waals surface area contributed by atoms with Gasteiger partial charge in [0.15, 0.2) is 0 Å². The molecule has 0 unspecified atom stereocenters. The summed E-state index contributed by atoms with van der Waals surface area (Å²) in [6.45, 7) is 1.34. The van der Waals surface area contributed by atoms with Crippen LogP contribution in [0.25, 0.3) is 28.7 Å². The van der Waals surface area contributed by atoms with Crippen LogP contribution in [0.4, 0.5) is 4.39 Å². The maximum absolute atomic E-state index is 13.4. The molecule has 4 aromatic rings. The molecular weight excluding hydrogens is 383 g/mol. The number of rotatable bonds is 4. The molecular formula is C24H17FN2O3. The third kappa shape index (κ3) is 4.03. The van der Waals surface area contributed by atoms with E-state index >= 15 is 0 Å². The zero-order chi connectivity index (χ0) is 21.1. The van der Waals surface area contributed by atoms with Crippen LogP contribution in [-0.2, 0) is 4.79 Å². The summed E-state index contributed by atoms with van der Waals surface area (Å²) in [6.07, 6.45) is 3.47. The molecule has 0 radical (unpaired) electrons. The molecule has 0 bridgehead atoms. The van der Waals surface area contributed by atoms with Gasteiger partial charge in [-0.25, -0.2) is 9.37 Å². The van der Waals surface area contributed by atoms with Crippen LogP contribution in [0, 0.1) is 5.82 Å². The number of para-hydroxylation sites is 1. The first-order valence-electron chi connectivity index (χ1n) is 9.25. The van der Waals surface area contributed by atoms with Gasteiger partial charge in [-0.15, -0.1) is 0 Å². The topological polar surface area (TPSA) is 61.2 Å². The maximum atomic E-state index is 13.4. The second kappa shape index (κ2) is 8.13. The standard InChI is InChI=1S/C24H17FN2O3/c1-16(28)30-20-6-4-5-17(15-20)9-14-23-26-22-8-3-2-7-21(22)24(29)27(23)19-12-10-18(25)11-13-19/h2-15H,1H3. The number of carbonyl (C=O) groups excluding carboxylic acids is 1. The van der Waals surface area contributed by atoms with E-state index in [2.05, 4.69) is 4.98 Å². The number of halogens is 1. The van der Waals surface area contributed by atoms with Gasteiger partial charge in [0.05, 0.1) is 16.6 Å². The molecule has 0 spiro atoms. The van der Waals surface area contributed by atoms with Crippen molar-refractivity contribution in [2.24, 2.45) is 0 Å². The lowest BCUT2D eigenvalue weighted by molar-refractivity contribution is -0.131. The SMILES string of the molecule is CC(=O)Oc1cccc(C=Cc2nc3ccccc3c(=O)n2-c2ccc(F)cc2)c1. The molecule has 30 heavy (non-hydrogen) atoms. The van der Waals surface area contributed by atoms with Gasteiger partial charge in [0.2, 0.25) is 0 Å². The average Bonchev–Trinajstić information content (AvgIpc) is 2.73. The summed E-state index contributed by atoms with van der Waals surface area (Å²) in [5, 5.41) is 0.468. The highest BCUT2D eigenvalue weighted by Crippen LogP contribution is 2.18. The Bertz CT molecular complexity index is 1320. The number of ether oxygens (including phenoxy) is 1. The molecule has 1 aromatic heterocycles. The lowest BCUT2D eigenvalue weighted by Crippen LogP contribution is -2.22. The summed E-state index contributed by atoms with van der Waals surface area (Å²) in [4.78, 5) is 29.0. The Morgan fingerprint density at radius 2 is 1.77 bits per heavy atom. The molecule has 0 aliphatic carbocycles. The number of nitrogens with zero attached hydrogens (tertiary/aromatic N) is 2. The molecule has 5 nitrogen and oxygen atoms in total. The third-order valence-corrected chi connectivity index (χ3v) is 4.43. The average molecular weight is 400 g/mol. The molecule has 0 aliphatic heterocycles. The first-order valence-corrected chi connectivity index (χ1v) is 9.25. The van der Waals surface area contributed by atoms with E-state index in [1.165, 1.54) is 35.8 Å². The van der Waals surface area contributed by atoms with Crippen molar-refractivity contribution >= 4 is 29.0 Å². The molecule has 0 fully saturated rings. The summed E-state index contributed by atoms with van der Waals surface area (Å²) in [5.41, 5.74) is 1.59. The lowest BCUT2D eigenvalue weighted by atomic mass is 10.2. The smallest absolute Gasteiger partial charge is 0.308 e. The van der Waals surface area contributed by atoms with Crippen molar-refractivity contribution in [2.75, 3.05) is 0 Å². The van der Waals surface area contributed by atoms with Gasteiger partial charge in [-0.2, -0.15) is 0 Å². The Morgan fingerprint density at radius 3 is 2.53 bits per heavy atom. The summed E-state index contributed by atoms with van der Waals surface area (Å²) in [6, 6.07) is 19.7. The Balaban J connectivity index is 1.84. The van der Waals surface area contributed by atoms with Crippen molar-refractivity contribution in [1.82, 2.24) is 9.55 Å². The van der Waals surface area contributed by atoms with Crippen LogP contribution in [0.5, 0.6) is 5.75 Å². The lowest BCUT2D eigenvalue weighted by Gasteiger charge is -2.11. The minimum absolute atomic E-state index is 0.250. The monoisotopic (exact) mass is 400 g/mol. The summed E-state index contributed by atoms with van der Waals surface area (Å²) in [7, 11) is 0. The van der Waals surface area contributed by atoms with Gasteiger partial charge in [-0.3, -0.25) is 14.2 Å². The molecule has 4 rings (SSSR count). The number of fused-ring (bicyclic) bond motifs is 1. The predicted molar refractivity (Wildman–Crippen MR) is 114 cm³/mol. The van der Waals surface area contributed by atoms with Crippen molar-refractivity contribution in [1.29, 1.82) is 0 Å². The van der Waals surface area contributed by atoms with Crippen LogP contribution in [0.1, 0.15) is 18.3 Å². The van der Waals surface area contributed by atoms with Crippen LogP contribution in [0.2, 0.25) is 0 Å². The molecule has 148 valence electrons. The molecule has 0 atom stereocenters. The largest absolute Gasteiger partial charge is 0.427 e. The van der Waals surface area contributed by atoms with Crippen LogP contribution >= 0.6 is 0 Å². The number of hydrogen-bond acceptors (Lipinski definition) is 4. The van der Waals surface area contributed by atoms with Gasteiger partial charge in [0.1, 0.15) is 17.4 Å². The normalized spacial score (nSPS) is 11.1. The second-order valence-electron chi connectivity index (χ2n) is 6.60. The van der Waals surface area contributed by atoms with E-state index in [4.69, 9.17) is 4.74 Å². The number of aromatic nitrogens is 2. The first-order chi connectivity index (χ1) is 14.5. The highest BCUT2D eigenvalue weighted by molar-refractivity contribution is 5.80. The molecule has 3 aromatic carbocycles. The van der Waals surface area contributed by atoms with Crippen LogP contribution < -0.4 is 10.3 Å². The highest BCUT2D eigenvalue weighted by atomic mass is 19.1. The third-order valence-electron chi connectivity index (χ3n) is 4.43. The number of carbonyl (C=O) groups is 1. The minimum Gasteiger partial charge on any atom is -0.427 e.